The van der Waals surface area contributed by atoms with E-state index in [1.807, 2.05) is 5.32 Å². The van der Waals surface area contributed by atoms with E-state index in [-0.39, 0.29) is 10.6 Å². The summed E-state index contributed by atoms with van der Waals surface area (Å²) in [5, 5.41) is 4.71. The predicted molar refractivity (Wildman–Crippen MR) is 78.0 cm³/mol. The summed E-state index contributed by atoms with van der Waals surface area (Å²) in [6.45, 7) is 3.42. The third-order valence-corrected chi connectivity index (χ3v) is 2.60. The van der Waals surface area contributed by atoms with Crippen LogP contribution in [0.5, 0.6) is 0 Å². The Bertz CT molecular complexity index is 542. The Hall–Kier alpha value is -2.28. The second-order valence-electron chi connectivity index (χ2n) is 4.17. The lowest BCUT2D eigenvalue weighted by Crippen LogP contribution is -2.44. The standard InChI is InChI=1S/C13H16ClN3O4/c1-3-16-13(20)17-11(18)7(2)21-12(19)8-4-9(14)6-10(15)5-8/h4-7H,3,15H2,1-2H3,(H2,16,17,18,20). The van der Waals surface area contributed by atoms with E-state index in [9.17, 15) is 14.4 Å². The monoisotopic (exact) mass is 313 g/mol. The number of carbonyl (C=O) groups is 3. The highest BCUT2D eigenvalue weighted by Crippen LogP contribution is 2.17. The number of hydrogen-bond donors (Lipinski definition) is 3. The molecule has 0 aliphatic heterocycles. The molecule has 0 heterocycles. The molecular weight excluding hydrogens is 298 g/mol. The zero-order chi connectivity index (χ0) is 16.0. The maximum absolute atomic E-state index is 11.9. The van der Waals surface area contributed by atoms with Gasteiger partial charge in [-0.2, -0.15) is 0 Å². The van der Waals surface area contributed by atoms with Crippen LogP contribution in [0.2, 0.25) is 5.02 Å². The van der Waals surface area contributed by atoms with Crippen LogP contribution in [0.3, 0.4) is 0 Å². The summed E-state index contributed by atoms with van der Waals surface area (Å²) in [6.07, 6.45) is -1.14. The van der Waals surface area contributed by atoms with Gasteiger partial charge in [-0.3, -0.25) is 10.1 Å². The van der Waals surface area contributed by atoms with Gasteiger partial charge in [-0.25, -0.2) is 9.59 Å². The molecule has 1 rings (SSSR count). The molecule has 1 aromatic carbocycles. The SMILES string of the molecule is CCNC(=O)NC(=O)C(C)OC(=O)c1cc(N)cc(Cl)c1. The number of nitrogens with two attached hydrogens (primary N) is 1. The molecule has 114 valence electrons. The summed E-state index contributed by atoms with van der Waals surface area (Å²) in [5.74, 6) is -1.49. The van der Waals surface area contributed by atoms with Crippen LogP contribution < -0.4 is 16.4 Å². The van der Waals surface area contributed by atoms with Crippen LogP contribution in [0, 0.1) is 0 Å². The molecule has 0 saturated heterocycles. The predicted octanol–water partition coefficient (Wildman–Crippen LogP) is 1.31. The average molecular weight is 314 g/mol. The number of anilines is 1. The molecule has 0 aliphatic carbocycles. The fourth-order valence-electron chi connectivity index (χ4n) is 1.43. The molecule has 0 radical (unpaired) electrons. The smallest absolute Gasteiger partial charge is 0.339 e. The molecule has 1 atom stereocenters. The number of ether oxygens (including phenoxy) is 1. The Labute approximate surface area is 126 Å². The first-order valence-electron chi connectivity index (χ1n) is 6.19. The number of benzene rings is 1. The summed E-state index contributed by atoms with van der Waals surface area (Å²) in [7, 11) is 0. The van der Waals surface area contributed by atoms with Crippen LogP contribution in [0.4, 0.5) is 10.5 Å². The minimum absolute atomic E-state index is 0.123. The molecule has 8 heteroatoms. The molecule has 21 heavy (non-hydrogen) atoms. The number of esters is 1. The Morgan fingerprint density at radius 2 is 2.00 bits per heavy atom. The van der Waals surface area contributed by atoms with Gasteiger partial charge >= 0.3 is 12.0 Å². The minimum atomic E-state index is -1.14. The van der Waals surface area contributed by atoms with E-state index < -0.39 is 24.0 Å². The summed E-state index contributed by atoms with van der Waals surface area (Å²) in [4.78, 5) is 34.7. The topological polar surface area (TPSA) is 111 Å². The second kappa shape index (κ2) is 7.49. The van der Waals surface area contributed by atoms with Gasteiger partial charge in [-0.05, 0) is 32.0 Å². The van der Waals surface area contributed by atoms with Crippen molar-refractivity contribution in [2.75, 3.05) is 12.3 Å². The molecule has 0 bridgehead atoms. The molecule has 1 aromatic rings. The highest BCUT2D eigenvalue weighted by Gasteiger charge is 2.21. The van der Waals surface area contributed by atoms with E-state index >= 15 is 0 Å². The number of urea groups is 1. The van der Waals surface area contributed by atoms with Crippen molar-refractivity contribution in [1.82, 2.24) is 10.6 Å². The summed E-state index contributed by atoms with van der Waals surface area (Å²) >= 11 is 5.78. The van der Waals surface area contributed by atoms with Gasteiger partial charge < -0.3 is 15.8 Å². The maximum Gasteiger partial charge on any atom is 0.339 e. The number of nitrogens with one attached hydrogen (secondary N) is 2. The van der Waals surface area contributed by atoms with E-state index in [0.717, 1.165) is 0 Å². The Balaban J connectivity index is 2.65. The molecule has 3 amide bonds. The summed E-state index contributed by atoms with van der Waals surface area (Å²) in [5.41, 5.74) is 5.99. The van der Waals surface area contributed by atoms with Gasteiger partial charge in [0.15, 0.2) is 6.10 Å². The van der Waals surface area contributed by atoms with E-state index in [0.29, 0.717) is 12.2 Å². The average Bonchev–Trinajstić information content (AvgIpc) is 2.37. The van der Waals surface area contributed by atoms with Gasteiger partial charge in [0, 0.05) is 17.3 Å². The third-order valence-electron chi connectivity index (χ3n) is 2.38. The number of nitrogen functional groups attached to an aromatic ring is 1. The minimum Gasteiger partial charge on any atom is -0.449 e. The second-order valence-corrected chi connectivity index (χ2v) is 4.61. The molecule has 0 aliphatic rings. The molecule has 0 fully saturated rings. The largest absolute Gasteiger partial charge is 0.449 e. The van der Waals surface area contributed by atoms with E-state index in [2.05, 4.69) is 5.32 Å². The van der Waals surface area contributed by atoms with Crippen molar-refractivity contribution in [1.29, 1.82) is 0 Å². The number of amides is 3. The first-order valence-corrected chi connectivity index (χ1v) is 6.57. The normalized spacial score (nSPS) is 11.4. The molecule has 1 unspecified atom stereocenters. The van der Waals surface area contributed by atoms with Gasteiger partial charge in [0.1, 0.15) is 0 Å². The van der Waals surface area contributed by atoms with Gasteiger partial charge in [0.2, 0.25) is 0 Å². The fraction of sp³-hybridized carbons (Fsp3) is 0.308. The highest BCUT2D eigenvalue weighted by atomic mass is 35.5. The van der Waals surface area contributed by atoms with E-state index in [1.165, 1.54) is 25.1 Å². The molecule has 4 N–H and O–H groups in total. The van der Waals surface area contributed by atoms with Crippen LogP contribution in [-0.2, 0) is 9.53 Å². The number of rotatable bonds is 4. The lowest BCUT2D eigenvalue weighted by atomic mass is 10.2. The first kappa shape index (κ1) is 16.8. The molecule has 0 aromatic heterocycles. The van der Waals surface area contributed by atoms with Crippen molar-refractivity contribution in [2.24, 2.45) is 0 Å². The first-order chi connectivity index (χ1) is 9.83. The number of carbonyl (C=O) groups excluding carboxylic acids is 3. The van der Waals surface area contributed by atoms with E-state index in [4.69, 9.17) is 22.1 Å². The van der Waals surface area contributed by atoms with E-state index in [1.54, 1.807) is 6.92 Å². The van der Waals surface area contributed by atoms with Crippen LogP contribution in [0.25, 0.3) is 0 Å². The van der Waals surface area contributed by atoms with Gasteiger partial charge in [0.25, 0.3) is 5.91 Å². The molecule has 0 spiro atoms. The van der Waals surface area contributed by atoms with Gasteiger partial charge in [-0.15, -0.1) is 0 Å². The zero-order valence-corrected chi connectivity index (χ0v) is 12.4. The van der Waals surface area contributed by atoms with Gasteiger partial charge in [0.05, 0.1) is 5.56 Å². The summed E-state index contributed by atoms with van der Waals surface area (Å²) in [6, 6.07) is 3.57. The zero-order valence-electron chi connectivity index (χ0n) is 11.6. The van der Waals surface area contributed by atoms with Crippen LogP contribution in [0.15, 0.2) is 18.2 Å². The number of hydrogen-bond acceptors (Lipinski definition) is 5. The maximum atomic E-state index is 11.9. The highest BCUT2D eigenvalue weighted by molar-refractivity contribution is 6.31. The lowest BCUT2D eigenvalue weighted by Gasteiger charge is -2.13. The summed E-state index contributed by atoms with van der Waals surface area (Å²) < 4.78 is 4.94. The Kier molecular flexibility index (Phi) is 5.98. The van der Waals surface area contributed by atoms with Gasteiger partial charge in [-0.1, -0.05) is 11.6 Å². The van der Waals surface area contributed by atoms with Crippen molar-refractivity contribution in [3.8, 4) is 0 Å². The number of imide groups is 1. The third kappa shape index (κ3) is 5.31. The van der Waals surface area contributed by atoms with Crippen LogP contribution >= 0.6 is 11.6 Å². The fourth-order valence-corrected chi connectivity index (χ4v) is 1.67. The Morgan fingerprint density at radius 3 is 2.57 bits per heavy atom. The quantitative estimate of drug-likeness (QED) is 0.573. The van der Waals surface area contributed by atoms with Crippen LogP contribution in [-0.4, -0.2) is 30.6 Å². The Morgan fingerprint density at radius 1 is 1.33 bits per heavy atom. The molecule has 7 nitrogen and oxygen atoms in total. The number of halogens is 1. The molecule has 0 saturated carbocycles. The van der Waals surface area contributed by atoms with Crippen molar-refractivity contribution in [3.63, 3.8) is 0 Å². The lowest BCUT2D eigenvalue weighted by molar-refractivity contribution is -0.127. The molecular formula is C13H16ClN3O4. The van der Waals surface area contributed by atoms with Crippen molar-refractivity contribution < 1.29 is 19.1 Å². The van der Waals surface area contributed by atoms with Crippen molar-refractivity contribution in [2.45, 2.75) is 20.0 Å². The van der Waals surface area contributed by atoms with Crippen LogP contribution in [0.1, 0.15) is 24.2 Å². The van der Waals surface area contributed by atoms with Crippen molar-refractivity contribution in [3.05, 3.63) is 28.8 Å². The van der Waals surface area contributed by atoms with Crippen molar-refractivity contribution >= 4 is 35.2 Å².